The van der Waals surface area contributed by atoms with Gasteiger partial charge in [-0.05, 0) is 77.0 Å². The number of sulfone groups is 1. The van der Waals surface area contributed by atoms with Crippen LogP contribution in [-0.4, -0.2) is 24.7 Å². The van der Waals surface area contributed by atoms with E-state index in [4.69, 9.17) is 0 Å². The van der Waals surface area contributed by atoms with E-state index >= 15 is 0 Å². The van der Waals surface area contributed by atoms with Crippen molar-refractivity contribution in [2.24, 2.45) is 0 Å². The van der Waals surface area contributed by atoms with E-state index in [1.54, 1.807) is 19.1 Å². The van der Waals surface area contributed by atoms with Gasteiger partial charge in [-0.2, -0.15) is 0 Å². The summed E-state index contributed by atoms with van der Waals surface area (Å²) >= 11 is 0. The van der Waals surface area contributed by atoms with Gasteiger partial charge in [0.25, 0.3) is 0 Å². The van der Waals surface area contributed by atoms with Crippen molar-refractivity contribution >= 4 is 27.5 Å². The van der Waals surface area contributed by atoms with Crippen molar-refractivity contribution < 1.29 is 18.3 Å². The van der Waals surface area contributed by atoms with Crippen LogP contribution in [0.25, 0.3) is 11.6 Å². The summed E-state index contributed by atoms with van der Waals surface area (Å²) < 4.78 is 25.2. The first-order valence-corrected chi connectivity index (χ1v) is 12.7. The first kappa shape index (κ1) is 24.2. The van der Waals surface area contributed by atoms with Gasteiger partial charge in [0.2, 0.25) is 0 Å². The lowest BCUT2D eigenvalue weighted by molar-refractivity contribution is -0.136. The Kier molecular flexibility index (Phi) is 6.45. The Morgan fingerprint density at radius 3 is 2.09 bits per heavy atom. The van der Waals surface area contributed by atoms with Crippen LogP contribution >= 0.6 is 0 Å². The molecule has 172 valence electrons. The summed E-state index contributed by atoms with van der Waals surface area (Å²) in [6.45, 7) is 12.9. The van der Waals surface area contributed by atoms with Gasteiger partial charge in [0.05, 0.1) is 4.90 Å². The van der Waals surface area contributed by atoms with Crippen molar-refractivity contribution in [1.82, 2.24) is 0 Å². The minimum absolute atomic E-state index is 0.0317. The third kappa shape index (κ3) is 4.54. The molecule has 0 spiro atoms. The maximum absolute atomic E-state index is 12.6. The van der Waals surface area contributed by atoms with E-state index in [9.17, 15) is 18.3 Å². The fraction of sp³-hybridized carbons (Fsp3) is 0.444. The van der Waals surface area contributed by atoms with Crippen molar-refractivity contribution in [3.8, 4) is 0 Å². The molecule has 1 aliphatic rings. The Morgan fingerprint density at radius 2 is 1.56 bits per heavy atom. The predicted molar refractivity (Wildman–Crippen MR) is 131 cm³/mol. The van der Waals surface area contributed by atoms with E-state index in [-0.39, 0.29) is 22.1 Å². The van der Waals surface area contributed by atoms with E-state index < -0.39 is 21.1 Å². The molecule has 0 radical (unpaired) electrons. The number of rotatable bonds is 6. The Bertz CT molecular complexity index is 1150. The zero-order valence-electron chi connectivity index (χ0n) is 19.9. The second kappa shape index (κ2) is 8.51. The molecule has 0 aliphatic heterocycles. The molecule has 5 heteroatoms. The highest BCUT2D eigenvalue weighted by Gasteiger charge is 2.37. The van der Waals surface area contributed by atoms with Crippen molar-refractivity contribution in [2.75, 3.05) is 0 Å². The van der Waals surface area contributed by atoms with E-state index in [1.165, 1.54) is 29.7 Å². The third-order valence-electron chi connectivity index (χ3n) is 6.92. The van der Waals surface area contributed by atoms with Gasteiger partial charge in [-0.25, -0.2) is 8.42 Å². The van der Waals surface area contributed by atoms with E-state index in [2.05, 4.69) is 52.8 Å². The molecule has 0 saturated heterocycles. The summed E-state index contributed by atoms with van der Waals surface area (Å²) in [6, 6.07) is 13.2. The van der Waals surface area contributed by atoms with Crippen molar-refractivity contribution in [2.45, 2.75) is 81.8 Å². The van der Waals surface area contributed by atoms with Gasteiger partial charge in [0, 0.05) is 0 Å². The smallest absolute Gasteiger partial charge is 0.322 e. The molecule has 0 heterocycles. The van der Waals surface area contributed by atoms with Gasteiger partial charge in [0.1, 0.15) is 0 Å². The van der Waals surface area contributed by atoms with Crippen molar-refractivity contribution in [3.05, 3.63) is 64.7 Å². The average Bonchev–Trinajstić information content (AvgIpc) is 2.71. The molecular weight excluding hydrogens is 420 g/mol. The van der Waals surface area contributed by atoms with Crippen LogP contribution in [0, 0.1) is 0 Å². The molecule has 0 amide bonds. The van der Waals surface area contributed by atoms with Crippen LogP contribution in [0.5, 0.6) is 0 Å². The number of hydrogen-bond acceptors (Lipinski definition) is 3. The molecule has 0 fully saturated rings. The minimum Gasteiger partial charge on any atom is -0.480 e. The van der Waals surface area contributed by atoms with Gasteiger partial charge in [-0.15, -0.1) is 0 Å². The molecule has 0 aromatic heterocycles. The number of carboxylic acids is 1. The number of hydrogen-bond donors (Lipinski definition) is 1. The summed E-state index contributed by atoms with van der Waals surface area (Å²) in [5.41, 5.74) is 6.26. The minimum atomic E-state index is -3.90. The third-order valence-corrected chi connectivity index (χ3v) is 9.13. The zero-order chi connectivity index (χ0) is 23.9. The monoisotopic (exact) mass is 454 g/mol. The number of carboxylic acid groups (broad SMARTS) is 1. The van der Waals surface area contributed by atoms with Crippen LogP contribution in [-0.2, 0) is 25.5 Å². The largest absolute Gasteiger partial charge is 0.480 e. The highest BCUT2D eigenvalue weighted by atomic mass is 32.2. The highest BCUT2D eigenvalue weighted by molar-refractivity contribution is 7.92. The normalized spacial score (nSPS) is 18.6. The fourth-order valence-electron chi connectivity index (χ4n) is 4.61. The lowest BCUT2D eigenvalue weighted by Crippen LogP contribution is -2.33. The summed E-state index contributed by atoms with van der Waals surface area (Å²) in [5.74, 6) is -1.31. The first-order chi connectivity index (χ1) is 14.8. The Morgan fingerprint density at radius 1 is 1.00 bits per heavy atom. The number of carbonyl (C=O) groups is 1. The van der Waals surface area contributed by atoms with Crippen LogP contribution < -0.4 is 0 Å². The number of allylic oxidation sites excluding steroid dienone is 1. The van der Waals surface area contributed by atoms with Crippen LogP contribution in [0.3, 0.4) is 0 Å². The molecular formula is C27H34O4S. The maximum Gasteiger partial charge on any atom is 0.322 e. The molecule has 1 atom stereocenters. The molecule has 1 N–H and O–H groups in total. The summed E-state index contributed by atoms with van der Waals surface area (Å²) in [6.07, 6.45) is 4.40. The second-order valence-electron chi connectivity index (χ2n) is 10.2. The van der Waals surface area contributed by atoms with Crippen LogP contribution in [0.1, 0.15) is 83.1 Å². The molecule has 1 unspecified atom stereocenters. The quantitative estimate of drug-likeness (QED) is 0.525. The van der Waals surface area contributed by atoms with Gasteiger partial charge in [0.15, 0.2) is 15.1 Å². The number of benzene rings is 2. The predicted octanol–water partition coefficient (Wildman–Crippen LogP) is 6.23. The average molecular weight is 455 g/mol. The van der Waals surface area contributed by atoms with Crippen LogP contribution in [0.2, 0.25) is 0 Å². The lowest BCUT2D eigenvalue weighted by atomic mass is 9.63. The van der Waals surface area contributed by atoms with Gasteiger partial charge in [-0.1, -0.05) is 71.0 Å². The molecule has 4 nitrogen and oxygen atoms in total. The molecule has 2 aromatic rings. The summed E-state index contributed by atoms with van der Waals surface area (Å²) in [4.78, 5) is 11.4. The van der Waals surface area contributed by atoms with E-state index in [0.717, 1.165) is 23.1 Å². The second-order valence-corrected chi connectivity index (χ2v) is 12.3. The SMILES string of the molecule is CCC(C(=O)O)S(=O)(=O)c1ccc(/C=C(\C)c2ccc3c(c2)C(C)(C)CCC3(C)C)cc1. The van der Waals surface area contributed by atoms with Crippen LogP contribution in [0.4, 0.5) is 0 Å². The zero-order valence-corrected chi connectivity index (χ0v) is 20.7. The molecule has 0 bridgehead atoms. The highest BCUT2D eigenvalue weighted by Crippen LogP contribution is 2.46. The lowest BCUT2D eigenvalue weighted by Gasteiger charge is -2.42. The van der Waals surface area contributed by atoms with Crippen LogP contribution in [0.15, 0.2) is 47.4 Å². The van der Waals surface area contributed by atoms with Gasteiger partial charge < -0.3 is 5.11 Å². The number of fused-ring (bicyclic) bond motifs is 1. The molecule has 2 aromatic carbocycles. The van der Waals surface area contributed by atoms with E-state index in [1.807, 2.05) is 6.08 Å². The summed E-state index contributed by atoms with van der Waals surface area (Å²) in [7, 11) is -3.90. The standard InChI is InChI=1S/C27H34O4S/c1-7-24(25(28)29)32(30,31)21-11-8-19(9-12-21)16-18(2)20-10-13-22-23(17-20)27(5,6)15-14-26(22,3)4/h8-13,16-17,24H,7,14-15H2,1-6H3,(H,28,29)/b18-16+. The molecule has 3 rings (SSSR count). The molecule has 0 saturated carbocycles. The molecule has 32 heavy (non-hydrogen) atoms. The van der Waals surface area contributed by atoms with Gasteiger partial charge in [-0.3, -0.25) is 4.79 Å². The Balaban J connectivity index is 1.93. The van der Waals surface area contributed by atoms with Crippen molar-refractivity contribution in [1.29, 1.82) is 0 Å². The van der Waals surface area contributed by atoms with Gasteiger partial charge >= 0.3 is 5.97 Å². The number of aliphatic carboxylic acids is 1. The molecule has 1 aliphatic carbocycles. The van der Waals surface area contributed by atoms with E-state index in [0.29, 0.717) is 0 Å². The Hall–Kier alpha value is -2.40. The fourth-order valence-corrected chi connectivity index (χ4v) is 6.16. The topological polar surface area (TPSA) is 71.4 Å². The Labute approximate surface area is 192 Å². The summed E-state index contributed by atoms with van der Waals surface area (Å²) in [5, 5.41) is 7.81. The maximum atomic E-state index is 12.6. The first-order valence-electron chi connectivity index (χ1n) is 11.2. The van der Waals surface area contributed by atoms with Crippen molar-refractivity contribution in [3.63, 3.8) is 0 Å².